The summed E-state index contributed by atoms with van der Waals surface area (Å²) in [5.74, 6) is 1.64. The van der Waals surface area contributed by atoms with Crippen molar-refractivity contribution in [2.45, 2.75) is 13.8 Å². The maximum absolute atomic E-state index is 13.2. The molecule has 1 heterocycles. The summed E-state index contributed by atoms with van der Waals surface area (Å²) in [5, 5.41) is 6.21. The molecule has 0 saturated carbocycles. The second-order valence-corrected chi connectivity index (χ2v) is 7.01. The van der Waals surface area contributed by atoms with Gasteiger partial charge in [0.2, 0.25) is 0 Å². The van der Waals surface area contributed by atoms with Crippen molar-refractivity contribution < 1.29 is 9.53 Å². The van der Waals surface area contributed by atoms with E-state index < -0.39 is 0 Å². The van der Waals surface area contributed by atoms with E-state index in [4.69, 9.17) is 4.74 Å². The minimum Gasteiger partial charge on any atom is -0.489 e. The maximum atomic E-state index is 13.2. The Morgan fingerprint density at radius 3 is 2.61 bits per heavy atom. The molecular formula is C24H27N5O2. The van der Waals surface area contributed by atoms with Crippen molar-refractivity contribution in [3.63, 3.8) is 0 Å². The number of aryl methyl sites for hydroxylation is 2. The van der Waals surface area contributed by atoms with Gasteiger partial charge in [0, 0.05) is 37.1 Å². The third-order valence-corrected chi connectivity index (χ3v) is 4.81. The van der Waals surface area contributed by atoms with Crippen LogP contribution in [0.5, 0.6) is 5.75 Å². The number of carbonyl (C=O) groups excluding carboxylic acids is 1. The number of carbonyl (C=O) groups is 1. The lowest BCUT2D eigenvalue weighted by molar-refractivity contribution is 0.236. The van der Waals surface area contributed by atoms with Crippen molar-refractivity contribution in [3.05, 3.63) is 77.6 Å². The second kappa shape index (κ2) is 10.2. The zero-order valence-corrected chi connectivity index (χ0v) is 18.1. The molecule has 2 N–H and O–H groups in total. The van der Waals surface area contributed by atoms with E-state index in [-0.39, 0.29) is 6.03 Å². The number of nitrogens with zero attached hydrogens (tertiary/aromatic N) is 3. The molecule has 0 aromatic heterocycles. The fourth-order valence-electron chi connectivity index (χ4n) is 3.18. The van der Waals surface area contributed by atoms with Crippen LogP contribution < -0.4 is 15.4 Å². The predicted molar refractivity (Wildman–Crippen MR) is 127 cm³/mol. The number of aliphatic imine (C=N–C) groups is 2. The number of fused-ring (bicyclic) bond motifs is 2. The molecule has 0 spiro atoms. The van der Waals surface area contributed by atoms with Gasteiger partial charge in [-0.25, -0.2) is 9.79 Å². The zero-order chi connectivity index (χ0) is 22.2. The van der Waals surface area contributed by atoms with Gasteiger partial charge in [-0.3, -0.25) is 9.89 Å². The van der Waals surface area contributed by atoms with Gasteiger partial charge in [0.1, 0.15) is 24.0 Å². The number of amides is 2. The molecule has 0 saturated heterocycles. The molecule has 7 heteroatoms. The highest BCUT2D eigenvalue weighted by molar-refractivity contribution is 6.08. The Labute approximate surface area is 182 Å². The summed E-state index contributed by atoms with van der Waals surface area (Å²) in [5.41, 5.74) is 3.56. The number of hydrogen-bond donors (Lipinski definition) is 2. The van der Waals surface area contributed by atoms with E-state index >= 15 is 0 Å². The van der Waals surface area contributed by atoms with E-state index in [2.05, 4.69) is 27.3 Å². The van der Waals surface area contributed by atoms with E-state index in [0.717, 1.165) is 28.3 Å². The van der Waals surface area contributed by atoms with Crippen LogP contribution in [0.3, 0.4) is 0 Å². The van der Waals surface area contributed by atoms with Gasteiger partial charge < -0.3 is 15.4 Å². The molecule has 0 unspecified atom stereocenters. The van der Waals surface area contributed by atoms with E-state index in [1.807, 2.05) is 68.5 Å². The third-order valence-electron chi connectivity index (χ3n) is 4.81. The minimum atomic E-state index is -0.293. The van der Waals surface area contributed by atoms with Crippen molar-refractivity contribution in [1.29, 1.82) is 0 Å². The number of benzene rings is 2. The van der Waals surface area contributed by atoms with Crippen LogP contribution in [-0.4, -0.2) is 43.7 Å². The number of anilines is 2. The summed E-state index contributed by atoms with van der Waals surface area (Å²) in [6, 6.07) is 13.1. The third kappa shape index (κ3) is 5.60. The molecule has 31 heavy (non-hydrogen) atoms. The molecule has 2 bridgehead atoms. The molecular weight excluding hydrogens is 390 g/mol. The number of para-hydroxylation sites is 1. The van der Waals surface area contributed by atoms with Crippen LogP contribution in [-0.2, 0) is 0 Å². The molecule has 160 valence electrons. The lowest BCUT2D eigenvalue weighted by atomic mass is 10.1. The number of ether oxygens (including phenoxy) is 1. The van der Waals surface area contributed by atoms with E-state index in [1.165, 1.54) is 0 Å². The lowest BCUT2D eigenvalue weighted by Gasteiger charge is -2.23. The molecule has 2 amide bonds. The average Bonchev–Trinajstić information content (AvgIpc) is 2.77. The Morgan fingerprint density at radius 2 is 1.90 bits per heavy atom. The Kier molecular flexibility index (Phi) is 7.22. The number of amidine groups is 1. The first-order valence-corrected chi connectivity index (χ1v) is 9.96. The van der Waals surface area contributed by atoms with Crippen LogP contribution >= 0.6 is 0 Å². The number of rotatable bonds is 2. The van der Waals surface area contributed by atoms with Gasteiger partial charge in [0.25, 0.3) is 0 Å². The number of nitrogens with one attached hydrogen (secondary N) is 2. The molecule has 0 radical (unpaired) electrons. The summed E-state index contributed by atoms with van der Waals surface area (Å²) >= 11 is 0. The normalized spacial score (nSPS) is 18.2. The summed E-state index contributed by atoms with van der Waals surface area (Å²) in [7, 11) is 1.64. The van der Waals surface area contributed by atoms with Crippen LogP contribution in [0.4, 0.5) is 16.2 Å². The predicted octanol–water partition coefficient (Wildman–Crippen LogP) is 4.77. The Hall–Kier alpha value is -3.87. The van der Waals surface area contributed by atoms with Gasteiger partial charge in [-0.2, -0.15) is 0 Å². The van der Waals surface area contributed by atoms with Gasteiger partial charge in [0.05, 0.1) is 0 Å². The van der Waals surface area contributed by atoms with Gasteiger partial charge in [-0.1, -0.05) is 30.3 Å². The van der Waals surface area contributed by atoms with Crippen LogP contribution in [0.15, 0.2) is 76.5 Å². The summed E-state index contributed by atoms with van der Waals surface area (Å²) < 4.78 is 5.76. The highest BCUT2D eigenvalue weighted by Gasteiger charge is 2.19. The quantitative estimate of drug-likeness (QED) is 0.546. The topological polar surface area (TPSA) is 78.3 Å². The first-order valence-electron chi connectivity index (χ1n) is 9.96. The molecule has 7 nitrogen and oxygen atoms in total. The first kappa shape index (κ1) is 21.8. The second-order valence-electron chi connectivity index (χ2n) is 7.01. The number of hydrogen-bond acceptors (Lipinski definition) is 5. The monoisotopic (exact) mass is 417 g/mol. The van der Waals surface area contributed by atoms with Crippen molar-refractivity contribution in [3.8, 4) is 5.75 Å². The summed E-state index contributed by atoms with van der Waals surface area (Å²) in [6.07, 6.45) is 5.44. The SMILES string of the molecule is C=N/C1=C\C(=N/C)N(C(=O)Nc2c(C)cccc2C)C/C=C\COc2cccc(c2)N1. The van der Waals surface area contributed by atoms with Crippen molar-refractivity contribution in [2.75, 3.05) is 30.8 Å². The molecule has 1 aliphatic rings. The van der Waals surface area contributed by atoms with Crippen LogP contribution in [0, 0.1) is 13.8 Å². The van der Waals surface area contributed by atoms with Crippen LogP contribution in [0.25, 0.3) is 0 Å². The fraction of sp³-hybridized carbons (Fsp3) is 0.208. The maximum Gasteiger partial charge on any atom is 0.327 e. The molecule has 1 aliphatic heterocycles. The smallest absolute Gasteiger partial charge is 0.327 e. The van der Waals surface area contributed by atoms with Gasteiger partial charge in [0.15, 0.2) is 0 Å². The summed E-state index contributed by atoms with van der Waals surface area (Å²) in [4.78, 5) is 23.2. The van der Waals surface area contributed by atoms with Gasteiger partial charge in [-0.05, 0) is 49.9 Å². The Balaban J connectivity index is 1.95. The van der Waals surface area contributed by atoms with E-state index in [9.17, 15) is 4.79 Å². The van der Waals surface area contributed by atoms with Crippen LogP contribution in [0.2, 0.25) is 0 Å². The standard InChI is InChI=1S/C24H27N5O2/c1-17-9-7-10-18(2)23(17)28-24(30)29-13-5-6-14-31-20-12-8-11-19(15-20)27-21(25-3)16-22(29)26-4/h5-12,15-16,27H,3,13-14H2,1-2,4H3,(H,28,30)/b6-5-,21-16+,26-22+. The molecule has 0 fully saturated rings. The van der Waals surface area contributed by atoms with E-state index in [0.29, 0.717) is 24.8 Å². The summed E-state index contributed by atoms with van der Waals surface area (Å²) in [6.45, 7) is 8.26. The van der Waals surface area contributed by atoms with Crippen molar-refractivity contribution in [2.24, 2.45) is 9.98 Å². The van der Waals surface area contributed by atoms with Gasteiger partial charge >= 0.3 is 6.03 Å². The van der Waals surface area contributed by atoms with E-state index in [1.54, 1.807) is 18.0 Å². The minimum absolute atomic E-state index is 0.293. The highest BCUT2D eigenvalue weighted by atomic mass is 16.5. The van der Waals surface area contributed by atoms with Gasteiger partial charge in [-0.15, -0.1) is 0 Å². The number of urea groups is 1. The Morgan fingerprint density at radius 1 is 1.16 bits per heavy atom. The molecule has 0 aliphatic carbocycles. The molecule has 2 aromatic carbocycles. The average molecular weight is 418 g/mol. The molecule has 0 atom stereocenters. The Bertz CT molecular complexity index is 1040. The molecule has 2 aromatic rings. The lowest BCUT2D eigenvalue weighted by Crippen LogP contribution is -2.40. The highest BCUT2D eigenvalue weighted by Crippen LogP contribution is 2.21. The largest absolute Gasteiger partial charge is 0.489 e. The first-order chi connectivity index (χ1) is 15.0. The zero-order valence-electron chi connectivity index (χ0n) is 18.1. The fourth-order valence-corrected chi connectivity index (χ4v) is 3.18. The molecule has 3 rings (SSSR count). The van der Waals surface area contributed by atoms with Crippen molar-refractivity contribution in [1.82, 2.24) is 4.90 Å². The van der Waals surface area contributed by atoms with Crippen molar-refractivity contribution >= 4 is 30.0 Å². The van der Waals surface area contributed by atoms with Crippen LogP contribution in [0.1, 0.15) is 11.1 Å².